The van der Waals surface area contributed by atoms with Gasteiger partial charge in [0.1, 0.15) is 17.2 Å². The number of benzene rings is 3. The van der Waals surface area contributed by atoms with E-state index in [1.165, 1.54) is 31.4 Å². The van der Waals surface area contributed by atoms with Gasteiger partial charge < -0.3 is 40.9 Å². The standard InChI is InChI=1S/C35H42F2N8O5/c1-35(2,3)50-34(49)39-11-10-20-14-21(31(46)38-4)16-26(37)29(20)42-27-17-23(36)15-22-19-40-33(43-30(22)27)41-24-8-9-28(25(18-24)32(47)48)45(7)13-12-44(5)6/h8-9,14-19,42H,10-13H2,1-7H3,(H,38,46)(H,39,49)(H,47,48)(H,40,41,43). The van der Waals surface area contributed by atoms with Crippen LogP contribution in [0.25, 0.3) is 10.9 Å². The minimum atomic E-state index is -1.11. The molecule has 1 aromatic heterocycles. The number of alkyl carbamates (subject to hydrolysis) is 1. The summed E-state index contributed by atoms with van der Waals surface area (Å²) in [5, 5.41) is 21.3. The Morgan fingerprint density at radius 3 is 2.38 bits per heavy atom. The number of halogens is 2. The number of carboxylic acids is 1. The number of carbonyl (C=O) groups excluding carboxylic acids is 2. The van der Waals surface area contributed by atoms with Crippen molar-refractivity contribution < 1.29 is 33.0 Å². The van der Waals surface area contributed by atoms with Crippen molar-refractivity contribution in [2.45, 2.75) is 32.8 Å². The molecule has 266 valence electrons. The molecule has 0 aliphatic heterocycles. The first-order valence-electron chi connectivity index (χ1n) is 15.8. The highest BCUT2D eigenvalue weighted by Crippen LogP contribution is 2.32. The number of nitrogens with one attached hydrogen (secondary N) is 4. The van der Waals surface area contributed by atoms with Gasteiger partial charge in [0.25, 0.3) is 5.91 Å². The van der Waals surface area contributed by atoms with Crippen LogP contribution in [0.3, 0.4) is 0 Å². The molecular weight excluding hydrogens is 650 g/mol. The first-order valence-corrected chi connectivity index (χ1v) is 15.8. The van der Waals surface area contributed by atoms with E-state index in [0.717, 1.165) is 18.7 Å². The van der Waals surface area contributed by atoms with Crippen LogP contribution in [0.15, 0.2) is 48.7 Å². The van der Waals surface area contributed by atoms with Gasteiger partial charge in [-0.25, -0.2) is 28.3 Å². The Kier molecular flexibility index (Phi) is 11.7. The average Bonchev–Trinajstić information content (AvgIpc) is 3.03. The second-order valence-electron chi connectivity index (χ2n) is 12.8. The van der Waals surface area contributed by atoms with E-state index >= 15 is 4.39 Å². The van der Waals surface area contributed by atoms with Gasteiger partial charge in [-0.05, 0) is 89.3 Å². The van der Waals surface area contributed by atoms with Crippen molar-refractivity contribution in [1.29, 1.82) is 0 Å². The summed E-state index contributed by atoms with van der Waals surface area (Å²) >= 11 is 0. The maximum absolute atomic E-state index is 15.7. The van der Waals surface area contributed by atoms with Gasteiger partial charge in [-0.2, -0.15) is 0 Å². The van der Waals surface area contributed by atoms with E-state index in [4.69, 9.17) is 4.74 Å². The fourth-order valence-electron chi connectivity index (χ4n) is 5.01. The predicted octanol–water partition coefficient (Wildman–Crippen LogP) is 5.52. The van der Waals surface area contributed by atoms with E-state index in [9.17, 15) is 23.9 Å². The Labute approximate surface area is 289 Å². The summed E-state index contributed by atoms with van der Waals surface area (Å²) in [4.78, 5) is 49.5. The smallest absolute Gasteiger partial charge is 0.407 e. The molecule has 0 radical (unpaired) electrons. The zero-order valence-electron chi connectivity index (χ0n) is 29.1. The molecule has 2 amide bonds. The van der Waals surface area contributed by atoms with Crippen molar-refractivity contribution in [2.24, 2.45) is 0 Å². The van der Waals surface area contributed by atoms with Crippen molar-refractivity contribution >= 4 is 57.6 Å². The zero-order chi connectivity index (χ0) is 36.7. The Bertz CT molecular complexity index is 1900. The van der Waals surface area contributed by atoms with Gasteiger partial charge in [-0.1, -0.05) is 0 Å². The number of likely N-dealkylation sites (N-methyl/N-ethyl adjacent to an activating group) is 2. The highest BCUT2D eigenvalue weighted by molar-refractivity contribution is 5.97. The van der Waals surface area contributed by atoms with Gasteiger partial charge in [-0.3, -0.25) is 4.79 Å². The van der Waals surface area contributed by atoms with Crippen LogP contribution in [0.1, 0.15) is 47.1 Å². The molecular formula is C35H42F2N8O5. The van der Waals surface area contributed by atoms with E-state index in [-0.39, 0.29) is 46.9 Å². The lowest BCUT2D eigenvalue weighted by atomic mass is 10.0. The minimum absolute atomic E-state index is 0.0446. The Balaban J connectivity index is 1.67. The summed E-state index contributed by atoms with van der Waals surface area (Å²) in [7, 11) is 7.10. The maximum Gasteiger partial charge on any atom is 0.407 e. The molecule has 13 nitrogen and oxygen atoms in total. The number of carboxylic acid groups (broad SMARTS) is 1. The first kappa shape index (κ1) is 37.3. The van der Waals surface area contributed by atoms with Crippen LogP contribution in [0, 0.1) is 11.6 Å². The third-order valence-corrected chi connectivity index (χ3v) is 7.41. The van der Waals surface area contributed by atoms with Crippen LogP contribution in [0.5, 0.6) is 0 Å². The molecule has 0 fully saturated rings. The molecule has 5 N–H and O–H groups in total. The fraction of sp³-hybridized carbons (Fsp3) is 0.343. The Morgan fingerprint density at radius 1 is 0.980 bits per heavy atom. The van der Waals surface area contributed by atoms with Crippen molar-refractivity contribution in [2.75, 3.05) is 63.4 Å². The second-order valence-corrected chi connectivity index (χ2v) is 12.8. The van der Waals surface area contributed by atoms with Crippen molar-refractivity contribution in [1.82, 2.24) is 25.5 Å². The molecule has 1 heterocycles. The van der Waals surface area contributed by atoms with Crippen LogP contribution in [0.2, 0.25) is 0 Å². The van der Waals surface area contributed by atoms with E-state index < -0.39 is 35.2 Å². The van der Waals surface area contributed by atoms with Gasteiger partial charge in [-0.15, -0.1) is 0 Å². The first-order chi connectivity index (χ1) is 23.5. The van der Waals surface area contributed by atoms with Crippen LogP contribution < -0.4 is 26.2 Å². The number of hydrogen-bond acceptors (Lipinski definition) is 10. The lowest BCUT2D eigenvalue weighted by Crippen LogP contribution is -2.33. The van der Waals surface area contributed by atoms with Crippen LogP contribution in [-0.2, 0) is 11.2 Å². The van der Waals surface area contributed by atoms with Gasteiger partial charge >= 0.3 is 12.1 Å². The lowest BCUT2D eigenvalue weighted by molar-refractivity contribution is 0.0527. The van der Waals surface area contributed by atoms with Gasteiger partial charge in [0.05, 0.1) is 28.1 Å². The van der Waals surface area contributed by atoms with Crippen LogP contribution in [-0.4, -0.2) is 91.4 Å². The summed E-state index contributed by atoms with van der Waals surface area (Å²) in [6.45, 7) is 6.55. The van der Waals surface area contributed by atoms with Gasteiger partial charge in [0.2, 0.25) is 5.95 Å². The molecule has 4 rings (SSSR count). The normalized spacial score (nSPS) is 11.3. The number of nitrogens with zero attached hydrogens (tertiary/aromatic N) is 4. The number of ether oxygens (including phenoxy) is 1. The highest BCUT2D eigenvalue weighted by Gasteiger charge is 2.20. The third kappa shape index (κ3) is 9.75. The molecule has 0 saturated carbocycles. The molecule has 0 unspecified atom stereocenters. The molecule has 0 atom stereocenters. The van der Waals surface area contributed by atoms with Crippen LogP contribution in [0.4, 0.5) is 42.3 Å². The zero-order valence-corrected chi connectivity index (χ0v) is 29.1. The maximum atomic E-state index is 15.7. The summed E-state index contributed by atoms with van der Waals surface area (Å²) < 4.78 is 35.8. The van der Waals surface area contributed by atoms with Gasteiger partial charge in [0.15, 0.2) is 0 Å². The number of hydrogen-bond donors (Lipinski definition) is 5. The topological polar surface area (TPSA) is 161 Å². The molecule has 15 heteroatoms. The van der Waals surface area contributed by atoms with E-state index in [1.807, 2.05) is 30.9 Å². The molecule has 50 heavy (non-hydrogen) atoms. The number of fused-ring (bicyclic) bond motifs is 1. The third-order valence-electron chi connectivity index (χ3n) is 7.41. The highest BCUT2D eigenvalue weighted by atomic mass is 19.1. The monoisotopic (exact) mass is 692 g/mol. The molecule has 0 aliphatic rings. The van der Waals surface area contributed by atoms with Crippen molar-refractivity contribution in [3.8, 4) is 0 Å². The number of amides is 2. The number of rotatable bonds is 13. The number of anilines is 5. The summed E-state index contributed by atoms with van der Waals surface area (Å²) in [6, 6.07) is 9.77. The Hall–Kier alpha value is -5.57. The number of aromatic nitrogens is 2. The molecule has 0 aliphatic carbocycles. The van der Waals surface area contributed by atoms with Crippen LogP contribution >= 0.6 is 0 Å². The molecule has 0 saturated heterocycles. The summed E-state index contributed by atoms with van der Waals surface area (Å²) in [5.41, 5.74) is 0.942. The Morgan fingerprint density at radius 2 is 1.72 bits per heavy atom. The fourth-order valence-corrected chi connectivity index (χ4v) is 5.01. The van der Waals surface area contributed by atoms with E-state index in [1.54, 1.807) is 32.9 Å². The largest absolute Gasteiger partial charge is 0.478 e. The molecule has 0 bridgehead atoms. The molecule has 3 aromatic carbocycles. The van der Waals surface area contributed by atoms with E-state index in [2.05, 4.69) is 31.2 Å². The molecule has 0 spiro atoms. The lowest BCUT2D eigenvalue weighted by Gasteiger charge is -2.23. The summed E-state index contributed by atoms with van der Waals surface area (Å²) in [6.07, 6.45) is 0.811. The predicted molar refractivity (Wildman–Crippen MR) is 189 cm³/mol. The number of aromatic carboxylic acids is 1. The minimum Gasteiger partial charge on any atom is -0.478 e. The van der Waals surface area contributed by atoms with Gasteiger partial charge in [0, 0.05) is 56.6 Å². The average molecular weight is 693 g/mol. The SMILES string of the molecule is CNC(=O)c1cc(F)c(Nc2cc(F)cc3cnc(Nc4ccc(N(C)CCN(C)C)c(C(=O)O)c4)nc23)c(CCNC(=O)OC(C)(C)C)c1. The molecule has 4 aromatic rings. The van der Waals surface area contributed by atoms with E-state index in [0.29, 0.717) is 28.9 Å². The quantitative estimate of drug-likeness (QED) is 0.120. The number of carbonyl (C=O) groups is 3. The second kappa shape index (κ2) is 15.8. The van der Waals surface area contributed by atoms with Crippen molar-refractivity contribution in [3.63, 3.8) is 0 Å². The van der Waals surface area contributed by atoms with Crippen molar-refractivity contribution in [3.05, 3.63) is 77.0 Å². The summed E-state index contributed by atoms with van der Waals surface area (Å²) in [5.74, 6) is -2.98.